The highest BCUT2D eigenvalue weighted by molar-refractivity contribution is 6.14. The summed E-state index contributed by atoms with van der Waals surface area (Å²) in [5, 5.41) is 4.83. The minimum absolute atomic E-state index is 0.941. The first-order chi connectivity index (χ1) is 16.0. The van der Waals surface area contributed by atoms with Crippen molar-refractivity contribution in [3.8, 4) is 22.4 Å². The van der Waals surface area contributed by atoms with E-state index in [2.05, 4.69) is 117 Å². The van der Waals surface area contributed by atoms with Crippen LogP contribution in [0.1, 0.15) is 16.7 Å². The molecular formula is C31H26NO+. The highest BCUT2D eigenvalue weighted by Gasteiger charge is 2.24. The van der Waals surface area contributed by atoms with Gasteiger partial charge in [-0.1, -0.05) is 60.7 Å². The molecule has 2 nitrogen and oxygen atoms in total. The van der Waals surface area contributed by atoms with E-state index in [-0.39, 0.29) is 0 Å². The van der Waals surface area contributed by atoms with Crippen molar-refractivity contribution in [2.45, 2.75) is 20.8 Å². The maximum absolute atomic E-state index is 6.63. The lowest BCUT2D eigenvalue weighted by molar-refractivity contribution is -0.660. The summed E-state index contributed by atoms with van der Waals surface area (Å²) < 4.78 is 8.85. The van der Waals surface area contributed by atoms with E-state index in [1.54, 1.807) is 0 Å². The van der Waals surface area contributed by atoms with Gasteiger partial charge in [-0.25, -0.2) is 4.57 Å². The van der Waals surface area contributed by atoms with Crippen molar-refractivity contribution >= 4 is 32.7 Å². The van der Waals surface area contributed by atoms with Crippen molar-refractivity contribution in [2.24, 2.45) is 7.05 Å². The number of hydrogen-bond acceptors (Lipinski definition) is 1. The van der Waals surface area contributed by atoms with Crippen LogP contribution >= 0.6 is 0 Å². The Morgan fingerprint density at radius 2 is 1.39 bits per heavy atom. The van der Waals surface area contributed by atoms with E-state index in [0.717, 1.165) is 22.4 Å². The third-order valence-corrected chi connectivity index (χ3v) is 6.82. The van der Waals surface area contributed by atoms with Gasteiger partial charge in [0, 0.05) is 22.4 Å². The fourth-order valence-electron chi connectivity index (χ4n) is 5.28. The number of nitrogens with zero attached hydrogens (tertiary/aromatic N) is 1. The van der Waals surface area contributed by atoms with Gasteiger partial charge in [0.05, 0.1) is 5.56 Å². The summed E-state index contributed by atoms with van der Waals surface area (Å²) in [4.78, 5) is 0. The van der Waals surface area contributed by atoms with Crippen LogP contribution in [0.5, 0.6) is 0 Å². The van der Waals surface area contributed by atoms with Crippen molar-refractivity contribution in [3.63, 3.8) is 0 Å². The number of fused-ring (bicyclic) bond motifs is 4. The maximum atomic E-state index is 6.63. The van der Waals surface area contributed by atoms with Gasteiger partial charge in [-0.15, -0.1) is 0 Å². The predicted octanol–water partition coefficient (Wildman–Crippen LogP) is 7.82. The fraction of sp³-hybridized carbons (Fsp3) is 0.129. The van der Waals surface area contributed by atoms with Gasteiger partial charge in [0.1, 0.15) is 18.2 Å². The molecule has 0 saturated carbocycles. The molecule has 6 aromatic rings. The fourth-order valence-corrected chi connectivity index (χ4v) is 5.28. The third-order valence-electron chi connectivity index (χ3n) is 6.82. The Morgan fingerprint density at radius 3 is 2.15 bits per heavy atom. The standard InChI is InChI=1S/C31H26NO/c1-19-14-20(2)30(27-17-25(21(3)18-32(27)4)22-10-6-5-7-11-22)31-29(19)26-15-23-12-8-9-13-24(23)16-28(26)33-31/h5-18H,1-4H3/q+1. The Morgan fingerprint density at radius 1 is 0.697 bits per heavy atom. The number of rotatable bonds is 2. The maximum Gasteiger partial charge on any atom is 0.216 e. The first-order valence-corrected chi connectivity index (χ1v) is 11.4. The molecule has 0 N–H and O–H groups in total. The van der Waals surface area contributed by atoms with Crippen LogP contribution in [-0.4, -0.2) is 0 Å². The van der Waals surface area contributed by atoms with Crippen molar-refractivity contribution in [3.05, 3.63) is 102 Å². The molecule has 0 amide bonds. The molecule has 0 saturated heterocycles. The molecule has 0 aliphatic rings. The van der Waals surface area contributed by atoms with E-state index >= 15 is 0 Å². The van der Waals surface area contributed by atoms with E-state index in [1.807, 2.05) is 0 Å². The molecule has 0 aliphatic heterocycles. The van der Waals surface area contributed by atoms with E-state index in [9.17, 15) is 0 Å². The summed E-state index contributed by atoms with van der Waals surface area (Å²) in [5.41, 5.74) is 10.4. The number of benzene rings is 4. The van der Waals surface area contributed by atoms with Crippen LogP contribution in [0.2, 0.25) is 0 Å². The molecule has 2 heterocycles. The van der Waals surface area contributed by atoms with Gasteiger partial charge in [0.2, 0.25) is 5.69 Å². The van der Waals surface area contributed by atoms with E-state index in [4.69, 9.17) is 4.42 Å². The van der Waals surface area contributed by atoms with Crippen molar-refractivity contribution < 1.29 is 8.98 Å². The van der Waals surface area contributed by atoms with Crippen LogP contribution in [0.15, 0.2) is 89.5 Å². The van der Waals surface area contributed by atoms with Crippen molar-refractivity contribution in [1.29, 1.82) is 0 Å². The summed E-state index contributed by atoms with van der Waals surface area (Å²) >= 11 is 0. The molecule has 0 spiro atoms. The predicted molar refractivity (Wildman–Crippen MR) is 137 cm³/mol. The van der Waals surface area contributed by atoms with Gasteiger partial charge in [0.15, 0.2) is 6.20 Å². The van der Waals surface area contributed by atoms with Crippen LogP contribution < -0.4 is 4.57 Å². The average molecular weight is 429 g/mol. The van der Waals surface area contributed by atoms with Gasteiger partial charge in [-0.2, -0.15) is 0 Å². The van der Waals surface area contributed by atoms with Gasteiger partial charge < -0.3 is 4.42 Å². The summed E-state index contributed by atoms with van der Waals surface area (Å²) in [6.07, 6.45) is 2.22. The van der Waals surface area contributed by atoms with Gasteiger partial charge >= 0.3 is 0 Å². The molecule has 6 rings (SSSR count). The lowest BCUT2D eigenvalue weighted by Gasteiger charge is -2.11. The third kappa shape index (κ3) is 3.06. The second-order valence-electron chi connectivity index (χ2n) is 9.12. The molecule has 0 radical (unpaired) electrons. The SMILES string of the molecule is Cc1c[n+](C)c(-c2c(C)cc(C)c3c2oc2cc4ccccc4cc23)cc1-c1ccccc1. The molecule has 0 fully saturated rings. The minimum Gasteiger partial charge on any atom is -0.455 e. The quantitative estimate of drug-likeness (QED) is 0.257. The molecule has 0 atom stereocenters. The number of aryl methyl sites for hydroxylation is 4. The van der Waals surface area contributed by atoms with E-state index < -0.39 is 0 Å². The second kappa shape index (κ2) is 7.31. The first-order valence-electron chi connectivity index (χ1n) is 11.4. The Balaban J connectivity index is 1.70. The minimum atomic E-state index is 0.941. The lowest BCUT2D eigenvalue weighted by Crippen LogP contribution is -2.31. The summed E-state index contributed by atoms with van der Waals surface area (Å²) in [6, 6.07) is 28.2. The average Bonchev–Trinajstić information content (AvgIpc) is 3.17. The number of hydrogen-bond donors (Lipinski definition) is 0. The lowest BCUT2D eigenvalue weighted by atomic mass is 9.94. The largest absolute Gasteiger partial charge is 0.455 e. The van der Waals surface area contributed by atoms with Gasteiger partial charge in [-0.3, -0.25) is 0 Å². The number of pyridine rings is 1. The molecule has 2 aromatic heterocycles. The zero-order valence-corrected chi connectivity index (χ0v) is 19.4. The van der Waals surface area contributed by atoms with Crippen LogP contribution in [-0.2, 0) is 7.05 Å². The molecule has 2 heteroatoms. The van der Waals surface area contributed by atoms with Crippen molar-refractivity contribution in [2.75, 3.05) is 0 Å². The van der Waals surface area contributed by atoms with Crippen LogP contribution in [0.3, 0.4) is 0 Å². The van der Waals surface area contributed by atoms with Crippen LogP contribution in [0.25, 0.3) is 55.1 Å². The molecule has 33 heavy (non-hydrogen) atoms. The van der Waals surface area contributed by atoms with Gasteiger partial charge in [0.25, 0.3) is 0 Å². The summed E-state index contributed by atoms with van der Waals surface area (Å²) in [5.74, 6) is 0. The Kier molecular flexibility index (Phi) is 4.38. The van der Waals surface area contributed by atoms with Crippen LogP contribution in [0, 0.1) is 20.8 Å². The highest BCUT2D eigenvalue weighted by Crippen LogP contribution is 2.41. The smallest absolute Gasteiger partial charge is 0.216 e. The molecular weight excluding hydrogens is 402 g/mol. The monoisotopic (exact) mass is 428 g/mol. The second-order valence-corrected chi connectivity index (χ2v) is 9.12. The Labute approximate surface area is 193 Å². The van der Waals surface area contributed by atoms with E-state index in [0.29, 0.717) is 0 Å². The van der Waals surface area contributed by atoms with Gasteiger partial charge in [-0.05, 0) is 65.9 Å². The molecule has 0 bridgehead atoms. The molecule has 0 unspecified atom stereocenters. The zero-order chi connectivity index (χ0) is 22.7. The molecule has 4 aromatic carbocycles. The summed E-state index contributed by atoms with van der Waals surface area (Å²) in [7, 11) is 2.12. The first kappa shape index (κ1) is 19.8. The summed E-state index contributed by atoms with van der Waals surface area (Å²) in [6.45, 7) is 6.55. The normalized spacial score (nSPS) is 11.6. The number of furan rings is 1. The Bertz CT molecular complexity index is 1690. The zero-order valence-electron chi connectivity index (χ0n) is 19.4. The highest BCUT2D eigenvalue weighted by atomic mass is 16.3. The molecule has 160 valence electrons. The topological polar surface area (TPSA) is 17.0 Å². The molecule has 0 aliphatic carbocycles. The number of aromatic nitrogens is 1. The van der Waals surface area contributed by atoms with Crippen molar-refractivity contribution in [1.82, 2.24) is 0 Å². The van der Waals surface area contributed by atoms with Crippen LogP contribution in [0.4, 0.5) is 0 Å². The van der Waals surface area contributed by atoms with E-state index in [1.165, 1.54) is 49.4 Å². The Hall–Kier alpha value is -3.91.